The zero-order chi connectivity index (χ0) is 8.77. The third-order valence-electron chi connectivity index (χ3n) is 4.52. The third kappa shape index (κ3) is 1.13. The van der Waals surface area contributed by atoms with Crippen LogP contribution in [0.15, 0.2) is 0 Å². The largest absolute Gasteiger partial charge is 0.0750 e. The standard InChI is InChI=1S/C11H19B/c1-3-11(12)7-9-4-5-10(6-9)8(11)2/h8-10H,3-7H2,1-2H3/t8-,9?,10?,11?/m0/s1. The summed E-state index contributed by atoms with van der Waals surface area (Å²) in [5.41, 5.74) is 0. The predicted octanol–water partition coefficient (Wildman–Crippen LogP) is 3.18. The molecule has 0 nitrogen and oxygen atoms in total. The Hall–Kier alpha value is 0.0649. The van der Waals surface area contributed by atoms with Gasteiger partial charge < -0.3 is 0 Å². The van der Waals surface area contributed by atoms with Crippen LogP contribution in [0.2, 0.25) is 5.31 Å². The molecule has 0 heterocycles. The first-order valence-corrected chi connectivity index (χ1v) is 5.44. The van der Waals surface area contributed by atoms with Crippen LogP contribution in [0.1, 0.15) is 46.0 Å². The van der Waals surface area contributed by atoms with Crippen molar-refractivity contribution in [3.05, 3.63) is 0 Å². The first-order valence-electron chi connectivity index (χ1n) is 5.44. The second-order valence-electron chi connectivity index (χ2n) is 5.02. The Kier molecular flexibility index (Phi) is 2.01. The molecule has 2 bridgehead atoms. The van der Waals surface area contributed by atoms with E-state index in [4.69, 9.17) is 7.85 Å². The topological polar surface area (TPSA) is 0 Å². The van der Waals surface area contributed by atoms with Crippen LogP contribution in [0.5, 0.6) is 0 Å². The summed E-state index contributed by atoms with van der Waals surface area (Å²) in [5, 5.41) is 0.185. The highest BCUT2D eigenvalue weighted by Gasteiger charge is 2.44. The zero-order valence-electron chi connectivity index (χ0n) is 8.34. The summed E-state index contributed by atoms with van der Waals surface area (Å²) in [6.45, 7) is 4.62. The highest BCUT2D eigenvalue weighted by molar-refractivity contribution is 6.15. The summed E-state index contributed by atoms with van der Waals surface area (Å²) >= 11 is 0. The van der Waals surface area contributed by atoms with Crippen LogP contribution in [0, 0.1) is 17.8 Å². The molecule has 0 aromatic rings. The lowest BCUT2D eigenvalue weighted by Gasteiger charge is -2.44. The van der Waals surface area contributed by atoms with Gasteiger partial charge in [0, 0.05) is 0 Å². The minimum atomic E-state index is 0.185. The van der Waals surface area contributed by atoms with Crippen LogP contribution in [0.4, 0.5) is 0 Å². The summed E-state index contributed by atoms with van der Waals surface area (Å²) in [7, 11) is 6.42. The molecule has 0 aromatic carbocycles. The highest BCUT2D eigenvalue weighted by Crippen LogP contribution is 2.57. The molecule has 2 aliphatic carbocycles. The van der Waals surface area contributed by atoms with Crippen LogP contribution < -0.4 is 0 Å². The Morgan fingerprint density at radius 3 is 2.83 bits per heavy atom. The van der Waals surface area contributed by atoms with Gasteiger partial charge in [-0.25, -0.2) is 0 Å². The van der Waals surface area contributed by atoms with Crippen molar-refractivity contribution < 1.29 is 0 Å². The van der Waals surface area contributed by atoms with Crippen molar-refractivity contribution in [2.75, 3.05) is 0 Å². The van der Waals surface area contributed by atoms with E-state index in [0.717, 1.165) is 17.8 Å². The van der Waals surface area contributed by atoms with E-state index >= 15 is 0 Å². The van der Waals surface area contributed by atoms with E-state index in [9.17, 15) is 0 Å². The Bertz CT molecular complexity index is 178. The van der Waals surface area contributed by atoms with Gasteiger partial charge in [-0.05, 0) is 30.6 Å². The van der Waals surface area contributed by atoms with Crippen LogP contribution in [0.3, 0.4) is 0 Å². The van der Waals surface area contributed by atoms with Crippen LogP contribution in [0.25, 0.3) is 0 Å². The van der Waals surface area contributed by atoms with Crippen LogP contribution in [-0.4, -0.2) is 7.85 Å². The quantitative estimate of drug-likeness (QED) is 0.519. The molecule has 3 unspecified atom stereocenters. The van der Waals surface area contributed by atoms with Gasteiger partial charge >= 0.3 is 0 Å². The molecule has 2 radical (unpaired) electrons. The summed E-state index contributed by atoms with van der Waals surface area (Å²) in [4.78, 5) is 0. The molecule has 4 atom stereocenters. The fraction of sp³-hybridized carbons (Fsp3) is 1.00. The number of fused-ring (bicyclic) bond motifs is 2. The van der Waals surface area contributed by atoms with Gasteiger partial charge in [-0.2, -0.15) is 0 Å². The van der Waals surface area contributed by atoms with E-state index in [0.29, 0.717) is 0 Å². The molecule has 66 valence electrons. The second kappa shape index (κ2) is 2.78. The fourth-order valence-electron chi connectivity index (χ4n) is 3.41. The highest BCUT2D eigenvalue weighted by atomic mass is 14.5. The van der Waals surface area contributed by atoms with Crippen molar-refractivity contribution >= 4 is 7.85 Å². The van der Waals surface area contributed by atoms with Crippen molar-refractivity contribution in [1.82, 2.24) is 0 Å². The maximum atomic E-state index is 6.42. The van der Waals surface area contributed by atoms with Gasteiger partial charge in [0.25, 0.3) is 0 Å². The SMILES string of the molecule is [B]C1(CC)CC2CCC(C2)[C@@H]1C. The maximum absolute atomic E-state index is 6.42. The van der Waals surface area contributed by atoms with Gasteiger partial charge in [-0.15, -0.1) is 0 Å². The first-order chi connectivity index (χ1) is 5.65. The van der Waals surface area contributed by atoms with Gasteiger partial charge in [0.05, 0.1) is 7.85 Å². The van der Waals surface area contributed by atoms with E-state index in [2.05, 4.69) is 13.8 Å². The smallest absolute Gasteiger partial charge is 0.0656 e. The Labute approximate surface area is 77.5 Å². The van der Waals surface area contributed by atoms with Gasteiger partial charge in [0.1, 0.15) is 0 Å². The molecule has 0 N–H and O–H groups in total. The van der Waals surface area contributed by atoms with Gasteiger partial charge in [0.2, 0.25) is 0 Å². The molecule has 12 heavy (non-hydrogen) atoms. The zero-order valence-corrected chi connectivity index (χ0v) is 8.34. The van der Waals surface area contributed by atoms with Crippen molar-refractivity contribution in [1.29, 1.82) is 0 Å². The van der Waals surface area contributed by atoms with Crippen LogP contribution >= 0.6 is 0 Å². The molecule has 2 saturated carbocycles. The lowest BCUT2D eigenvalue weighted by molar-refractivity contribution is 0.183. The Morgan fingerprint density at radius 1 is 1.42 bits per heavy atom. The molecule has 2 rings (SSSR count). The molecule has 0 spiro atoms. The molecule has 2 fully saturated rings. The monoisotopic (exact) mass is 162 g/mol. The molecule has 0 amide bonds. The minimum absolute atomic E-state index is 0.185. The minimum Gasteiger partial charge on any atom is -0.0656 e. The van der Waals surface area contributed by atoms with Gasteiger partial charge in [0.15, 0.2) is 0 Å². The number of hydrogen-bond donors (Lipinski definition) is 0. The second-order valence-corrected chi connectivity index (χ2v) is 5.02. The van der Waals surface area contributed by atoms with E-state index in [1.54, 1.807) is 0 Å². The maximum Gasteiger partial charge on any atom is 0.0750 e. The third-order valence-corrected chi connectivity index (χ3v) is 4.52. The molecule has 1 heteroatoms. The lowest BCUT2D eigenvalue weighted by atomic mass is 9.51. The van der Waals surface area contributed by atoms with E-state index < -0.39 is 0 Å². The first kappa shape index (κ1) is 8.65. The van der Waals surface area contributed by atoms with Crippen LogP contribution in [-0.2, 0) is 0 Å². The van der Waals surface area contributed by atoms with Crippen molar-refractivity contribution in [3.8, 4) is 0 Å². The molecular weight excluding hydrogens is 143 g/mol. The summed E-state index contributed by atoms with van der Waals surface area (Å²) in [6, 6.07) is 0. The number of hydrogen-bond acceptors (Lipinski definition) is 0. The Morgan fingerprint density at radius 2 is 2.17 bits per heavy atom. The van der Waals surface area contributed by atoms with Gasteiger partial charge in [-0.3, -0.25) is 0 Å². The summed E-state index contributed by atoms with van der Waals surface area (Å²) in [5.74, 6) is 2.69. The molecular formula is C11H19B. The molecule has 0 saturated heterocycles. The Balaban J connectivity index is 2.17. The predicted molar refractivity (Wildman–Crippen MR) is 53.4 cm³/mol. The fourth-order valence-corrected chi connectivity index (χ4v) is 3.41. The van der Waals surface area contributed by atoms with Crippen molar-refractivity contribution in [2.45, 2.75) is 51.3 Å². The molecule has 0 aliphatic heterocycles. The van der Waals surface area contributed by atoms with E-state index in [1.807, 2.05) is 0 Å². The normalized spacial score (nSPS) is 52.7. The molecule has 0 aromatic heterocycles. The molecule has 2 aliphatic rings. The summed E-state index contributed by atoms with van der Waals surface area (Å²) in [6.07, 6.45) is 6.83. The van der Waals surface area contributed by atoms with Crippen molar-refractivity contribution in [2.24, 2.45) is 17.8 Å². The number of rotatable bonds is 1. The average molecular weight is 162 g/mol. The van der Waals surface area contributed by atoms with Gasteiger partial charge in [-0.1, -0.05) is 38.4 Å². The van der Waals surface area contributed by atoms with Crippen molar-refractivity contribution in [3.63, 3.8) is 0 Å². The lowest BCUT2D eigenvalue weighted by Crippen LogP contribution is -2.31. The summed E-state index contributed by atoms with van der Waals surface area (Å²) < 4.78 is 0. The average Bonchev–Trinajstić information content (AvgIpc) is 2.46. The van der Waals surface area contributed by atoms with E-state index in [1.165, 1.54) is 32.1 Å². The van der Waals surface area contributed by atoms with E-state index in [-0.39, 0.29) is 5.31 Å².